The Morgan fingerprint density at radius 3 is 2.31 bits per heavy atom. The van der Waals surface area contributed by atoms with Crippen LogP contribution in [0.4, 0.5) is 11.4 Å². The van der Waals surface area contributed by atoms with Crippen LogP contribution in [0.2, 0.25) is 0 Å². The highest BCUT2D eigenvalue weighted by Gasteiger charge is 2.03. The lowest BCUT2D eigenvalue weighted by molar-refractivity contribution is 1.55. The molecule has 0 saturated heterocycles. The maximum Gasteiger partial charge on any atom is 0.0628 e. The SMILES string of the molecule is Nc1cc(S)c2ccccc2c1N. The zero-order valence-corrected chi connectivity index (χ0v) is 7.88. The molecule has 0 atom stereocenters. The highest BCUT2D eigenvalue weighted by molar-refractivity contribution is 7.80. The Morgan fingerprint density at radius 1 is 1.00 bits per heavy atom. The van der Waals surface area contributed by atoms with Gasteiger partial charge in [0.05, 0.1) is 11.4 Å². The van der Waals surface area contributed by atoms with Crippen molar-refractivity contribution in [3.05, 3.63) is 30.3 Å². The summed E-state index contributed by atoms with van der Waals surface area (Å²) in [6.07, 6.45) is 0. The van der Waals surface area contributed by atoms with E-state index in [1.54, 1.807) is 6.07 Å². The fraction of sp³-hybridized carbons (Fsp3) is 0. The number of thiol groups is 1. The lowest BCUT2D eigenvalue weighted by Gasteiger charge is -2.07. The first-order valence-electron chi connectivity index (χ1n) is 3.96. The van der Waals surface area contributed by atoms with E-state index in [9.17, 15) is 0 Å². The van der Waals surface area contributed by atoms with Gasteiger partial charge in [0, 0.05) is 10.3 Å². The molecule has 3 heteroatoms. The number of fused-ring (bicyclic) bond motifs is 1. The number of anilines is 2. The van der Waals surface area contributed by atoms with Gasteiger partial charge in [0.15, 0.2) is 0 Å². The normalized spacial score (nSPS) is 10.5. The third-order valence-corrected chi connectivity index (χ3v) is 2.47. The van der Waals surface area contributed by atoms with Gasteiger partial charge in [-0.1, -0.05) is 24.3 Å². The van der Waals surface area contributed by atoms with Crippen LogP contribution in [0, 0.1) is 0 Å². The van der Waals surface area contributed by atoms with E-state index >= 15 is 0 Å². The van der Waals surface area contributed by atoms with Crippen LogP contribution in [0.15, 0.2) is 35.2 Å². The Hall–Kier alpha value is -1.35. The second kappa shape index (κ2) is 2.85. The molecule has 0 fully saturated rings. The van der Waals surface area contributed by atoms with Crippen molar-refractivity contribution in [3.63, 3.8) is 0 Å². The summed E-state index contributed by atoms with van der Waals surface area (Å²) < 4.78 is 0. The Labute approximate surface area is 81.9 Å². The molecular formula is C10H10N2S. The minimum Gasteiger partial charge on any atom is -0.397 e. The molecule has 66 valence electrons. The van der Waals surface area contributed by atoms with Crippen LogP contribution in [0.25, 0.3) is 10.8 Å². The molecule has 0 bridgehead atoms. The van der Waals surface area contributed by atoms with Crippen molar-refractivity contribution in [2.45, 2.75) is 4.90 Å². The number of nitrogens with two attached hydrogens (primary N) is 2. The van der Waals surface area contributed by atoms with Crippen molar-refractivity contribution in [3.8, 4) is 0 Å². The van der Waals surface area contributed by atoms with Crippen LogP contribution in [-0.4, -0.2) is 0 Å². The van der Waals surface area contributed by atoms with Crippen LogP contribution >= 0.6 is 12.6 Å². The average Bonchev–Trinajstić information content (AvgIpc) is 2.15. The fourth-order valence-electron chi connectivity index (χ4n) is 1.40. The molecule has 0 aliphatic rings. The number of rotatable bonds is 0. The van der Waals surface area contributed by atoms with E-state index in [-0.39, 0.29) is 0 Å². The summed E-state index contributed by atoms with van der Waals surface area (Å²) in [5.41, 5.74) is 12.8. The van der Waals surface area contributed by atoms with Crippen molar-refractivity contribution < 1.29 is 0 Å². The summed E-state index contributed by atoms with van der Waals surface area (Å²) in [6, 6.07) is 9.60. The topological polar surface area (TPSA) is 52.0 Å². The second-order valence-corrected chi connectivity index (χ2v) is 3.43. The van der Waals surface area contributed by atoms with Crippen LogP contribution < -0.4 is 11.5 Å². The third kappa shape index (κ3) is 1.21. The van der Waals surface area contributed by atoms with Gasteiger partial charge in [-0.25, -0.2) is 0 Å². The summed E-state index contributed by atoms with van der Waals surface area (Å²) in [6.45, 7) is 0. The zero-order chi connectivity index (χ0) is 9.42. The van der Waals surface area contributed by atoms with Gasteiger partial charge in [-0.3, -0.25) is 0 Å². The Bertz CT molecular complexity index is 466. The van der Waals surface area contributed by atoms with Gasteiger partial charge in [-0.2, -0.15) is 0 Å². The maximum absolute atomic E-state index is 5.83. The standard InChI is InChI=1S/C10H10N2S/c11-8-5-9(13)6-3-1-2-4-7(6)10(8)12/h1-5,13H,11-12H2. The molecular weight excluding hydrogens is 180 g/mol. The van der Waals surface area contributed by atoms with Gasteiger partial charge < -0.3 is 11.5 Å². The van der Waals surface area contributed by atoms with Crippen molar-refractivity contribution >= 4 is 34.8 Å². The molecule has 2 aromatic rings. The molecule has 0 aromatic heterocycles. The highest BCUT2D eigenvalue weighted by atomic mass is 32.1. The van der Waals surface area contributed by atoms with E-state index < -0.39 is 0 Å². The second-order valence-electron chi connectivity index (χ2n) is 2.94. The predicted molar refractivity (Wildman–Crippen MR) is 60.0 cm³/mol. The van der Waals surface area contributed by atoms with Gasteiger partial charge in [-0.05, 0) is 11.5 Å². The fourth-order valence-corrected chi connectivity index (χ4v) is 1.73. The Balaban J connectivity index is 2.97. The quantitative estimate of drug-likeness (QED) is 0.441. The first kappa shape index (κ1) is 8.26. The Morgan fingerprint density at radius 2 is 1.62 bits per heavy atom. The molecule has 0 radical (unpaired) electrons. The molecule has 0 aliphatic carbocycles. The maximum atomic E-state index is 5.83. The van der Waals surface area contributed by atoms with Crippen molar-refractivity contribution in [1.82, 2.24) is 0 Å². The van der Waals surface area contributed by atoms with Crippen LogP contribution in [-0.2, 0) is 0 Å². The minimum absolute atomic E-state index is 0.587. The summed E-state index contributed by atoms with van der Waals surface area (Å²) in [7, 11) is 0. The number of benzene rings is 2. The lowest BCUT2D eigenvalue weighted by Crippen LogP contribution is -1.95. The minimum atomic E-state index is 0.587. The summed E-state index contributed by atoms with van der Waals surface area (Å²) in [4.78, 5) is 0.863. The smallest absolute Gasteiger partial charge is 0.0628 e. The molecule has 2 aromatic carbocycles. The van der Waals surface area contributed by atoms with E-state index in [0.717, 1.165) is 15.7 Å². The highest BCUT2D eigenvalue weighted by Crippen LogP contribution is 2.31. The molecule has 0 heterocycles. The summed E-state index contributed by atoms with van der Waals surface area (Å²) >= 11 is 4.33. The van der Waals surface area contributed by atoms with Crippen LogP contribution in [0.5, 0.6) is 0 Å². The zero-order valence-electron chi connectivity index (χ0n) is 6.99. The van der Waals surface area contributed by atoms with Gasteiger partial charge in [0.1, 0.15) is 0 Å². The van der Waals surface area contributed by atoms with E-state index in [1.807, 2.05) is 24.3 Å². The van der Waals surface area contributed by atoms with E-state index in [0.29, 0.717) is 11.4 Å². The molecule has 2 nitrogen and oxygen atoms in total. The van der Waals surface area contributed by atoms with Gasteiger partial charge in [-0.15, -0.1) is 12.6 Å². The van der Waals surface area contributed by atoms with Crippen molar-refractivity contribution in [2.24, 2.45) is 0 Å². The summed E-state index contributed by atoms with van der Waals surface area (Å²) in [5.74, 6) is 0. The Kier molecular flexibility index (Phi) is 1.81. The number of nitrogen functional groups attached to an aromatic ring is 2. The van der Waals surface area contributed by atoms with Crippen molar-refractivity contribution in [2.75, 3.05) is 11.5 Å². The largest absolute Gasteiger partial charge is 0.397 e. The third-order valence-electron chi connectivity index (χ3n) is 2.10. The first-order valence-corrected chi connectivity index (χ1v) is 4.40. The molecule has 0 amide bonds. The molecule has 13 heavy (non-hydrogen) atoms. The van der Waals surface area contributed by atoms with E-state index in [2.05, 4.69) is 12.6 Å². The van der Waals surface area contributed by atoms with Gasteiger partial charge >= 0.3 is 0 Å². The average molecular weight is 190 g/mol. The van der Waals surface area contributed by atoms with Crippen molar-refractivity contribution in [1.29, 1.82) is 0 Å². The predicted octanol–water partition coefficient (Wildman–Crippen LogP) is 2.29. The van der Waals surface area contributed by atoms with E-state index in [1.165, 1.54) is 0 Å². The molecule has 0 aliphatic heterocycles. The molecule has 0 spiro atoms. The molecule has 0 saturated carbocycles. The van der Waals surface area contributed by atoms with E-state index in [4.69, 9.17) is 11.5 Å². The van der Waals surface area contributed by atoms with Gasteiger partial charge in [0.2, 0.25) is 0 Å². The van der Waals surface area contributed by atoms with Crippen LogP contribution in [0.3, 0.4) is 0 Å². The molecule has 2 rings (SSSR count). The van der Waals surface area contributed by atoms with Gasteiger partial charge in [0.25, 0.3) is 0 Å². The first-order chi connectivity index (χ1) is 6.20. The molecule has 4 N–H and O–H groups in total. The monoisotopic (exact) mass is 190 g/mol. The number of hydrogen-bond donors (Lipinski definition) is 3. The summed E-state index contributed by atoms with van der Waals surface area (Å²) in [5, 5.41) is 2.00. The van der Waals surface area contributed by atoms with Crippen LogP contribution in [0.1, 0.15) is 0 Å². The lowest BCUT2D eigenvalue weighted by atomic mass is 10.1. The number of hydrogen-bond acceptors (Lipinski definition) is 3. The molecule has 0 unspecified atom stereocenters.